The summed E-state index contributed by atoms with van der Waals surface area (Å²) < 4.78 is 5.61. The van der Waals surface area contributed by atoms with Crippen LogP contribution in [-0.2, 0) is 6.54 Å². The first kappa shape index (κ1) is 18.0. The highest BCUT2D eigenvalue weighted by Gasteiger charge is 2.12. The van der Waals surface area contributed by atoms with Crippen LogP contribution in [0.4, 0.5) is 0 Å². The number of aliphatic hydroxyl groups is 1. The van der Waals surface area contributed by atoms with E-state index in [1.54, 1.807) is 24.3 Å². The minimum absolute atomic E-state index is 0.0635. The fourth-order valence-corrected chi connectivity index (χ4v) is 2.27. The van der Waals surface area contributed by atoms with Crippen LogP contribution < -0.4 is 15.8 Å². The topological polar surface area (TPSA) is 84.6 Å². The Morgan fingerprint density at radius 3 is 2.54 bits per heavy atom. The Hall–Kier alpha value is -2.37. The molecule has 0 aliphatic heterocycles. The second kappa shape index (κ2) is 8.47. The molecule has 0 aliphatic rings. The fraction of sp³-hybridized carbons (Fsp3) is 0.316. The number of amides is 1. The molecule has 0 saturated carbocycles. The second-order valence-corrected chi connectivity index (χ2v) is 5.87. The van der Waals surface area contributed by atoms with Crippen molar-refractivity contribution in [1.82, 2.24) is 5.32 Å². The lowest BCUT2D eigenvalue weighted by molar-refractivity contribution is 0.0916. The molecule has 2 rings (SSSR count). The maximum Gasteiger partial charge on any atom is 0.251 e. The second-order valence-electron chi connectivity index (χ2n) is 5.87. The van der Waals surface area contributed by atoms with Crippen molar-refractivity contribution in [2.75, 3.05) is 6.54 Å². The molecule has 5 nitrogen and oxygen atoms in total. The van der Waals surface area contributed by atoms with E-state index in [2.05, 4.69) is 5.32 Å². The molecule has 0 aliphatic carbocycles. The van der Waals surface area contributed by atoms with Crippen molar-refractivity contribution in [3.05, 3.63) is 65.2 Å². The summed E-state index contributed by atoms with van der Waals surface area (Å²) in [5.41, 5.74) is 7.74. The molecule has 0 aromatic heterocycles. The van der Waals surface area contributed by atoms with Crippen molar-refractivity contribution in [3.8, 4) is 5.75 Å². The minimum Gasteiger partial charge on any atom is -0.491 e. The molecule has 2 aromatic carbocycles. The van der Waals surface area contributed by atoms with E-state index in [0.717, 1.165) is 5.56 Å². The largest absolute Gasteiger partial charge is 0.491 e. The smallest absolute Gasteiger partial charge is 0.251 e. The number of ether oxygens (including phenoxy) is 1. The number of aliphatic hydroxyl groups excluding tert-OH is 1. The van der Waals surface area contributed by atoms with Gasteiger partial charge in [0.25, 0.3) is 5.91 Å². The molecule has 0 spiro atoms. The van der Waals surface area contributed by atoms with Gasteiger partial charge >= 0.3 is 0 Å². The van der Waals surface area contributed by atoms with Crippen LogP contribution in [0.3, 0.4) is 0 Å². The lowest BCUT2D eigenvalue weighted by Gasteiger charge is -2.15. The normalized spacial score (nSPS) is 12.0. The Bertz CT molecular complexity index is 669. The SMILES string of the molecule is CC(C)Oc1cccc(C(O)CNC(=O)c2ccc(CN)cc2)c1. The maximum absolute atomic E-state index is 12.1. The highest BCUT2D eigenvalue weighted by Crippen LogP contribution is 2.20. The molecule has 0 radical (unpaired) electrons. The van der Waals surface area contributed by atoms with Gasteiger partial charge in [-0.15, -0.1) is 0 Å². The van der Waals surface area contributed by atoms with Crippen molar-refractivity contribution < 1.29 is 14.6 Å². The number of rotatable bonds is 7. The van der Waals surface area contributed by atoms with Crippen LogP contribution >= 0.6 is 0 Å². The quantitative estimate of drug-likeness (QED) is 0.728. The van der Waals surface area contributed by atoms with Gasteiger partial charge in [-0.3, -0.25) is 4.79 Å². The number of carbonyl (C=O) groups excluding carboxylic acids is 1. The molecular formula is C19H24N2O3. The van der Waals surface area contributed by atoms with E-state index in [1.807, 2.05) is 38.1 Å². The molecule has 1 atom stereocenters. The lowest BCUT2D eigenvalue weighted by atomic mass is 10.1. The summed E-state index contributed by atoms with van der Waals surface area (Å²) in [5, 5.41) is 13.0. The fourth-order valence-electron chi connectivity index (χ4n) is 2.27. The number of hydrogen-bond acceptors (Lipinski definition) is 4. The summed E-state index contributed by atoms with van der Waals surface area (Å²) in [5.74, 6) is 0.470. The highest BCUT2D eigenvalue weighted by molar-refractivity contribution is 5.94. The zero-order chi connectivity index (χ0) is 17.5. The Balaban J connectivity index is 1.94. The van der Waals surface area contributed by atoms with Crippen LogP contribution in [0.25, 0.3) is 0 Å². The van der Waals surface area contributed by atoms with Crippen LogP contribution in [0.15, 0.2) is 48.5 Å². The third-order valence-corrected chi connectivity index (χ3v) is 3.52. The number of nitrogens with two attached hydrogens (primary N) is 1. The number of benzene rings is 2. The molecule has 0 saturated heterocycles. The molecular weight excluding hydrogens is 304 g/mol. The maximum atomic E-state index is 12.1. The van der Waals surface area contributed by atoms with Gasteiger partial charge in [0.15, 0.2) is 0 Å². The van der Waals surface area contributed by atoms with Crippen LogP contribution in [-0.4, -0.2) is 23.7 Å². The van der Waals surface area contributed by atoms with Crippen LogP contribution in [0.1, 0.15) is 41.4 Å². The number of nitrogens with one attached hydrogen (secondary N) is 1. The van der Waals surface area contributed by atoms with Gasteiger partial charge in [-0.05, 0) is 49.2 Å². The monoisotopic (exact) mass is 328 g/mol. The minimum atomic E-state index is -0.798. The Morgan fingerprint density at radius 2 is 1.92 bits per heavy atom. The standard InChI is InChI=1S/C19H24N2O3/c1-13(2)24-17-5-3-4-16(10-17)18(22)12-21-19(23)15-8-6-14(11-20)7-9-15/h3-10,13,18,22H,11-12,20H2,1-2H3,(H,21,23). The Kier molecular flexibility index (Phi) is 6.35. The van der Waals surface area contributed by atoms with Crippen molar-refractivity contribution in [3.63, 3.8) is 0 Å². The summed E-state index contributed by atoms with van der Waals surface area (Å²) in [6.07, 6.45) is -0.735. The molecule has 24 heavy (non-hydrogen) atoms. The molecule has 0 heterocycles. The van der Waals surface area contributed by atoms with E-state index < -0.39 is 6.10 Å². The van der Waals surface area contributed by atoms with Crippen molar-refractivity contribution in [2.45, 2.75) is 32.6 Å². The molecule has 1 amide bonds. The van der Waals surface area contributed by atoms with Crippen molar-refractivity contribution >= 4 is 5.91 Å². The first-order chi connectivity index (χ1) is 11.5. The van der Waals surface area contributed by atoms with Gasteiger partial charge in [0.05, 0.1) is 12.2 Å². The molecule has 0 fully saturated rings. The molecule has 1 unspecified atom stereocenters. The molecule has 0 bridgehead atoms. The van der Waals surface area contributed by atoms with E-state index >= 15 is 0 Å². The third kappa shape index (κ3) is 5.08. The Morgan fingerprint density at radius 1 is 1.21 bits per heavy atom. The highest BCUT2D eigenvalue weighted by atomic mass is 16.5. The zero-order valence-corrected chi connectivity index (χ0v) is 14.0. The molecule has 4 N–H and O–H groups in total. The van der Waals surface area contributed by atoms with E-state index in [1.165, 1.54) is 0 Å². The van der Waals surface area contributed by atoms with Crippen LogP contribution in [0.5, 0.6) is 5.75 Å². The van der Waals surface area contributed by atoms with E-state index in [0.29, 0.717) is 23.4 Å². The van der Waals surface area contributed by atoms with Gasteiger partial charge in [-0.2, -0.15) is 0 Å². The zero-order valence-electron chi connectivity index (χ0n) is 14.0. The van der Waals surface area contributed by atoms with Crippen LogP contribution in [0, 0.1) is 0 Å². The predicted molar refractivity (Wildman–Crippen MR) is 93.8 cm³/mol. The van der Waals surface area contributed by atoms with Crippen LogP contribution in [0.2, 0.25) is 0 Å². The molecule has 2 aromatic rings. The van der Waals surface area contributed by atoms with E-state index in [-0.39, 0.29) is 18.6 Å². The third-order valence-electron chi connectivity index (χ3n) is 3.52. The summed E-state index contributed by atoms with van der Waals surface area (Å²) in [6, 6.07) is 14.3. The average molecular weight is 328 g/mol. The summed E-state index contributed by atoms with van der Waals surface area (Å²) >= 11 is 0. The van der Waals surface area contributed by atoms with Gasteiger partial charge in [0.2, 0.25) is 0 Å². The average Bonchev–Trinajstić information content (AvgIpc) is 2.59. The van der Waals surface area contributed by atoms with Crippen molar-refractivity contribution in [1.29, 1.82) is 0 Å². The first-order valence-electron chi connectivity index (χ1n) is 8.01. The van der Waals surface area contributed by atoms with Gasteiger partial charge in [0.1, 0.15) is 5.75 Å². The van der Waals surface area contributed by atoms with E-state index in [4.69, 9.17) is 10.5 Å². The first-order valence-corrected chi connectivity index (χ1v) is 8.01. The predicted octanol–water partition coefficient (Wildman–Crippen LogP) is 2.40. The van der Waals surface area contributed by atoms with Crippen molar-refractivity contribution in [2.24, 2.45) is 5.73 Å². The van der Waals surface area contributed by atoms with Gasteiger partial charge in [0, 0.05) is 18.7 Å². The number of hydrogen-bond donors (Lipinski definition) is 3. The summed E-state index contributed by atoms with van der Waals surface area (Å²) in [4.78, 5) is 12.1. The van der Waals surface area contributed by atoms with E-state index in [9.17, 15) is 9.90 Å². The van der Waals surface area contributed by atoms with Gasteiger partial charge < -0.3 is 20.9 Å². The lowest BCUT2D eigenvalue weighted by Crippen LogP contribution is -2.28. The van der Waals surface area contributed by atoms with Gasteiger partial charge in [-0.1, -0.05) is 24.3 Å². The van der Waals surface area contributed by atoms with Gasteiger partial charge in [-0.25, -0.2) is 0 Å². The molecule has 5 heteroatoms. The molecule has 128 valence electrons. The summed E-state index contributed by atoms with van der Waals surface area (Å²) in [6.45, 7) is 4.45. The summed E-state index contributed by atoms with van der Waals surface area (Å²) in [7, 11) is 0. The number of carbonyl (C=O) groups is 1. The Labute approximate surface area is 142 Å².